The Morgan fingerprint density at radius 1 is 1.36 bits per heavy atom. The number of nitrogens with zero attached hydrogens (tertiary/aromatic N) is 4. The summed E-state index contributed by atoms with van der Waals surface area (Å²) in [7, 11) is 1.55. The maximum absolute atomic E-state index is 12.3. The Labute approximate surface area is 148 Å². The molecule has 0 fully saturated rings. The third-order valence-electron chi connectivity index (χ3n) is 3.55. The molecule has 0 spiro atoms. The Bertz CT molecular complexity index is 884. The number of pyridine rings is 1. The number of aryl methyl sites for hydroxylation is 2. The number of aromatic nitrogens is 1. The number of nitro benzene ring substituents is 1. The van der Waals surface area contributed by atoms with Crippen molar-refractivity contribution in [3.8, 4) is 6.07 Å². The maximum atomic E-state index is 12.3. The fraction of sp³-hybridized carbons (Fsp3) is 0.188. The molecule has 2 aromatic rings. The van der Waals surface area contributed by atoms with E-state index in [1.165, 1.54) is 23.2 Å². The molecule has 0 unspecified atom stereocenters. The lowest BCUT2D eigenvalue weighted by Gasteiger charge is -2.20. The quantitative estimate of drug-likeness (QED) is 0.510. The number of amides is 1. The number of anilines is 1. The fourth-order valence-corrected chi connectivity index (χ4v) is 2.42. The van der Waals surface area contributed by atoms with Gasteiger partial charge < -0.3 is 0 Å². The predicted molar refractivity (Wildman–Crippen MR) is 92.4 cm³/mol. The van der Waals surface area contributed by atoms with E-state index in [0.29, 0.717) is 16.9 Å². The monoisotopic (exact) mass is 359 g/mol. The summed E-state index contributed by atoms with van der Waals surface area (Å²) >= 11 is 5.96. The number of nitrogens with one attached hydrogen (secondary N) is 1. The van der Waals surface area contributed by atoms with Gasteiger partial charge in [-0.1, -0.05) is 17.7 Å². The van der Waals surface area contributed by atoms with Crippen molar-refractivity contribution >= 4 is 29.0 Å². The number of rotatable bonds is 4. The molecule has 1 amide bonds. The molecule has 1 aromatic carbocycles. The number of benzene rings is 1. The van der Waals surface area contributed by atoms with Crippen molar-refractivity contribution in [2.24, 2.45) is 0 Å². The summed E-state index contributed by atoms with van der Waals surface area (Å²) in [5.74, 6) is -0.206. The minimum atomic E-state index is -0.541. The highest BCUT2D eigenvalue weighted by atomic mass is 35.5. The molecule has 0 aliphatic carbocycles. The molecule has 25 heavy (non-hydrogen) atoms. The van der Waals surface area contributed by atoms with Gasteiger partial charge in [0.1, 0.15) is 17.0 Å². The summed E-state index contributed by atoms with van der Waals surface area (Å²) in [6.45, 7) is 3.30. The zero-order valence-electron chi connectivity index (χ0n) is 13.7. The lowest BCUT2D eigenvalue weighted by Crippen LogP contribution is -2.40. The third kappa shape index (κ3) is 3.84. The van der Waals surface area contributed by atoms with Crippen molar-refractivity contribution in [2.75, 3.05) is 12.1 Å². The van der Waals surface area contributed by atoms with Crippen LogP contribution in [-0.4, -0.2) is 22.9 Å². The average Bonchev–Trinajstić information content (AvgIpc) is 2.54. The molecule has 0 radical (unpaired) electrons. The Morgan fingerprint density at radius 2 is 2.04 bits per heavy atom. The molecule has 0 saturated carbocycles. The van der Waals surface area contributed by atoms with Gasteiger partial charge in [-0.3, -0.25) is 25.3 Å². The molecular weight excluding hydrogens is 346 g/mol. The highest BCUT2D eigenvalue weighted by molar-refractivity contribution is 6.30. The van der Waals surface area contributed by atoms with E-state index >= 15 is 0 Å². The normalized spacial score (nSPS) is 10.0. The number of hydrazine groups is 1. The van der Waals surface area contributed by atoms with Crippen LogP contribution >= 0.6 is 11.6 Å². The number of carbonyl (C=O) groups excluding carboxylic acids is 1. The van der Waals surface area contributed by atoms with E-state index in [2.05, 4.69) is 10.4 Å². The van der Waals surface area contributed by atoms with Crippen molar-refractivity contribution < 1.29 is 9.72 Å². The van der Waals surface area contributed by atoms with Crippen molar-refractivity contribution in [1.29, 1.82) is 5.26 Å². The first kappa shape index (κ1) is 18.2. The van der Waals surface area contributed by atoms with Gasteiger partial charge in [0.2, 0.25) is 0 Å². The average molecular weight is 360 g/mol. The fourth-order valence-electron chi connectivity index (χ4n) is 2.14. The van der Waals surface area contributed by atoms with E-state index in [1.54, 1.807) is 27.0 Å². The molecule has 0 aliphatic heterocycles. The van der Waals surface area contributed by atoms with Gasteiger partial charge in [-0.15, -0.1) is 0 Å². The zero-order valence-corrected chi connectivity index (χ0v) is 14.5. The second-order valence-electron chi connectivity index (χ2n) is 5.33. The van der Waals surface area contributed by atoms with Crippen LogP contribution < -0.4 is 10.4 Å². The SMILES string of the molecule is Cc1ccc(C(=O)NN(C)c2cc(C)c(C#N)c(Cl)n2)cc1[N+](=O)[O-]. The number of hydrogen-bond donors (Lipinski definition) is 1. The smallest absolute Gasteiger partial charge is 0.271 e. The van der Waals surface area contributed by atoms with Gasteiger partial charge >= 0.3 is 0 Å². The molecule has 0 aliphatic rings. The maximum Gasteiger partial charge on any atom is 0.273 e. The molecule has 128 valence electrons. The largest absolute Gasteiger partial charge is 0.273 e. The molecule has 2 rings (SSSR count). The summed E-state index contributed by atoms with van der Waals surface area (Å²) in [5, 5.41) is 21.4. The van der Waals surface area contributed by atoms with Gasteiger partial charge in [-0.25, -0.2) is 4.98 Å². The highest BCUT2D eigenvalue weighted by Gasteiger charge is 2.17. The summed E-state index contributed by atoms with van der Waals surface area (Å²) in [6, 6.07) is 7.77. The van der Waals surface area contributed by atoms with E-state index in [-0.39, 0.29) is 22.0 Å². The summed E-state index contributed by atoms with van der Waals surface area (Å²) < 4.78 is 0. The van der Waals surface area contributed by atoms with Gasteiger partial charge in [0.05, 0.1) is 10.5 Å². The van der Waals surface area contributed by atoms with Crippen LogP contribution in [-0.2, 0) is 0 Å². The van der Waals surface area contributed by atoms with Crippen molar-refractivity contribution in [2.45, 2.75) is 13.8 Å². The molecule has 1 aromatic heterocycles. The summed E-state index contributed by atoms with van der Waals surface area (Å²) in [4.78, 5) is 26.8. The Hall–Kier alpha value is -3.18. The summed E-state index contributed by atoms with van der Waals surface area (Å²) in [5.41, 5.74) is 3.91. The van der Waals surface area contributed by atoms with Gasteiger partial charge in [-0.05, 0) is 31.5 Å². The second-order valence-corrected chi connectivity index (χ2v) is 5.69. The number of halogens is 1. The topological polar surface area (TPSA) is 112 Å². The van der Waals surface area contributed by atoms with E-state index in [0.717, 1.165) is 0 Å². The van der Waals surface area contributed by atoms with Crippen LogP contribution in [0, 0.1) is 35.3 Å². The van der Waals surface area contributed by atoms with Gasteiger partial charge in [0.15, 0.2) is 0 Å². The van der Waals surface area contributed by atoms with Crippen LogP contribution in [0.4, 0.5) is 11.5 Å². The third-order valence-corrected chi connectivity index (χ3v) is 3.83. The van der Waals surface area contributed by atoms with Crippen molar-refractivity contribution in [3.05, 3.63) is 61.8 Å². The second kappa shape index (κ2) is 7.15. The lowest BCUT2D eigenvalue weighted by molar-refractivity contribution is -0.385. The molecule has 9 heteroatoms. The highest BCUT2D eigenvalue weighted by Crippen LogP contribution is 2.22. The molecule has 1 heterocycles. The zero-order chi connectivity index (χ0) is 18.7. The molecule has 1 N–H and O–H groups in total. The standard InChI is InChI=1S/C16H14ClN5O3/c1-9-4-5-11(7-13(9)22(24)25)16(23)20-21(3)14-6-10(2)12(8-18)15(17)19-14/h4-7H,1-3H3,(H,20,23). The van der Waals surface area contributed by atoms with E-state index in [9.17, 15) is 14.9 Å². The van der Waals surface area contributed by atoms with Crippen LogP contribution in [0.15, 0.2) is 24.3 Å². The Kier molecular flexibility index (Phi) is 5.20. The number of nitriles is 1. The van der Waals surface area contributed by atoms with Crippen LogP contribution in [0.25, 0.3) is 0 Å². The van der Waals surface area contributed by atoms with Gasteiger partial charge in [-0.2, -0.15) is 5.26 Å². The number of hydrogen-bond acceptors (Lipinski definition) is 6. The first-order valence-electron chi connectivity index (χ1n) is 7.11. The molecule has 0 saturated heterocycles. The lowest BCUT2D eigenvalue weighted by atomic mass is 10.1. The van der Waals surface area contributed by atoms with Crippen molar-refractivity contribution in [1.82, 2.24) is 10.4 Å². The minimum Gasteiger partial charge on any atom is -0.271 e. The van der Waals surface area contributed by atoms with Crippen LogP contribution in [0.1, 0.15) is 27.0 Å². The van der Waals surface area contributed by atoms with Gasteiger partial charge in [0.25, 0.3) is 11.6 Å². The van der Waals surface area contributed by atoms with E-state index < -0.39 is 10.8 Å². The van der Waals surface area contributed by atoms with E-state index in [1.807, 2.05) is 6.07 Å². The van der Waals surface area contributed by atoms with Crippen LogP contribution in [0.3, 0.4) is 0 Å². The Morgan fingerprint density at radius 3 is 2.60 bits per heavy atom. The summed E-state index contributed by atoms with van der Waals surface area (Å²) in [6.07, 6.45) is 0. The van der Waals surface area contributed by atoms with Gasteiger partial charge in [0, 0.05) is 24.2 Å². The molecular formula is C16H14ClN5O3. The number of carbonyl (C=O) groups is 1. The molecule has 0 bridgehead atoms. The minimum absolute atomic E-state index is 0.0320. The molecule has 8 nitrogen and oxygen atoms in total. The molecule has 0 atom stereocenters. The van der Waals surface area contributed by atoms with E-state index in [4.69, 9.17) is 16.9 Å². The van der Waals surface area contributed by atoms with Crippen molar-refractivity contribution in [3.63, 3.8) is 0 Å². The first-order valence-corrected chi connectivity index (χ1v) is 7.49. The van der Waals surface area contributed by atoms with Crippen LogP contribution in [0.2, 0.25) is 5.15 Å². The predicted octanol–water partition coefficient (Wildman–Crippen LogP) is 2.91. The first-order chi connectivity index (χ1) is 11.7. The number of nitro groups is 1. The Balaban J connectivity index is 2.25. The van der Waals surface area contributed by atoms with Crippen LogP contribution in [0.5, 0.6) is 0 Å².